The second-order valence-corrected chi connectivity index (χ2v) is 13.8. The van der Waals surface area contributed by atoms with Crippen LogP contribution in [0.15, 0.2) is 73.1 Å². The Kier molecular flexibility index (Phi) is 10.5. The Labute approximate surface area is 304 Å². The number of imide groups is 1. The highest BCUT2D eigenvalue weighted by atomic mass is 35.5. The summed E-state index contributed by atoms with van der Waals surface area (Å²) in [5, 5.41) is 12.4. The van der Waals surface area contributed by atoms with Gasteiger partial charge < -0.3 is 15.0 Å². The number of piperazine rings is 1. The molecule has 15 heteroatoms. The summed E-state index contributed by atoms with van der Waals surface area (Å²) in [7, 11) is 0. The number of H-pyrrole nitrogens is 1. The van der Waals surface area contributed by atoms with Crippen LogP contribution in [-0.2, 0) is 16.1 Å². The van der Waals surface area contributed by atoms with Gasteiger partial charge in [-0.05, 0) is 79.9 Å². The highest BCUT2D eigenvalue weighted by Crippen LogP contribution is 2.32. The lowest BCUT2D eigenvalue weighted by atomic mass is 9.89. The lowest BCUT2D eigenvalue weighted by molar-refractivity contribution is -0.134. The average molecular weight is 733 g/mol. The molecule has 272 valence electrons. The van der Waals surface area contributed by atoms with Gasteiger partial charge in [0.15, 0.2) is 0 Å². The Morgan fingerprint density at radius 1 is 0.981 bits per heavy atom. The number of nitrogens with zero attached hydrogens (tertiary/aromatic N) is 5. The van der Waals surface area contributed by atoms with E-state index in [1.54, 1.807) is 12.3 Å². The summed E-state index contributed by atoms with van der Waals surface area (Å²) in [5.41, 5.74) is 0.424. The van der Waals surface area contributed by atoms with Gasteiger partial charge in [0.2, 0.25) is 11.8 Å². The van der Waals surface area contributed by atoms with E-state index < -0.39 is 11.5 Å². The van der Waals surface area contributed by atoms with Crippen LogP contribution in [0.2, 0.25) is 0 Å². The number of hydrogen-bond donors (Lipinski definition) is 3. The van der Waals surface area contributed by atoms with Gasteiger partial charge in [-0.15, -0.1) is 8.78 Å². The second-order valence-electron chi connectivity index (χ2n) is 13.4. The zero-order chi connectivity index (χ0) is 36.2. The number of likely N-dealkylation sites (tertiary alicyclic amines) is 1. The lowest BCUT2D eigenvalue weighted by Gasteiger charge is -2.43. The fourth-order valence-corrected chi connectivity index (χ4v) is 7.38. The summed E-state index contributed by atoms with van der Waals surface area (Å²) in [5.74, 6) is -0.481. The Balaban J connectivity index is 0.934. The van der Waals surface area contributed by atoms with Gasteiger partial charge in [0.05, 0.1) is 17.2 Å². The maximum absolute atomic E-state index is 13.2. The molecule has 5 heterocycles. The van der Waals surface area contributed by atoms with Gasteiger partial charge in [0, 0.05) is 80.4 Å². The third kappa shape index (κ3) is 8.57. The zero-order valence-corrected chi connectivity index (χ0v) is 29.1. The van der Waals surface area contributed by atoms with Crippen molar-refractivity contribution in [2.45, 2.75) is 49.8 Å². The Bertz CT molecular complexity index is 1890. The van der Waals surface area contributed by atoms with Crippen LogP contribution in [0.25, 0.3) is 11.3 Å². The first-order chi connectivity index (χ1) is 25.1. The van der Waals surface area contributed by atoms with Crippen LogP contribution in [0, 0.1) is 0 Å². The number of pyridine rings is 1. The summed E-state index contributed by atoms with van der Waals surface area (Å²) in [4.78, 5) is 49.2. The average Bonchev–Trinajstić information content (AvgIpc) is 3.68. The molecule has 2 aromatic carbocycles. The molecule has 0 radical (unpaired) electrons. The monoisotopic (exact) mass is 732 g/mol. The predicted molar refractivity (Wildman–Crippen MR) is 191 cm³/mol. The molecule has 7 rings (SSSR count). The minimum Gasteiger partial charge on any atom is -0.420 e. The molecule has 3 saturated heterocycles. The first-order valence-electron chi connectivity index (χ1n) is 17.4. The number of nitrogens with one attached hydrogen (secondary N) is 3. The lowest BCUT2D eigenvalue weighted by Crippen LogP contribution is -2.53. The molecule has 3 fully saturated rings. The number of piperidine rings is 2. The Morgan fingerprint density at radius 2 is 1.75 bits per heavy atom. The first kappa shape index (κ1) is 35.5. The fourth-order valence-electron chi connectivity index (χ4n) is 7.30. The minimum atomic E-state index is -3.83. The van der Waals surface area contributed by atoms with Crippen LogP contribution < -0.4 is 20.3 Å². The van der Waals surface area contributed by atoms with E-state index in [-0.39, 0.29) is 23.5 Å². The molecule has 1 atom stereocenters. The number of halogens is 3. The topological polar surface area (TPSA) is 136 Å². The summed E-state index contributed by atoms with van der Waals surface area (Å²) >= 11 is 4.83. The van der Waals surface area contributed by atoms with Crippen molar-refractivity contribution in [2.75, 3.05) is 49.5 Å². The van der Waals surface area contributed by atoms with E-state index in [0.29, 0.717) is 35.8 Å². The van der Waals surface area contributed by atoms with Gasteiger partial charge >= 0.3 is 5.57 Å². The molecule has 0 saturated carbocycles. The van der Waals surface area contributed by atoms with Crippen molar-refractivity contribution in [3.63, 3.8) is 0 Å². The largest absolute Gasteiger partial charge is 0.487 e. The number of alkyl halides is 3. The summed E-state index contributed by atoms with van der Waals surface area (Å²) in [6.45, 7) is 6.13. The summed E-state index contributed by atoms with van der Waals surface area (Å²) in [6.07, 6.45) is 6.32. The summed E-state index contributed by atoms with van der Waals surface area (Å²) in [6, 6.07) is 17.8. The van der Waals surface area contributed by atoms with Crippen molar-refractivity contribution in [3.05, 3.63) is 89.7 Å². The molecule has 12 nitrogen and oxygen atoms in total. The molecular weight excluding hydrogens is 694 g/mol. The number of carbonyl (C=O) groups is 3. The number of ether oxygens (including phenoxy) is 1. The van der Waals surface area contributed by atoms with Crippen molar-refractivity contribution in [2.24, 2.45) is 0 Å². The van der Waals surface area contributed by atoms with Crippen molar-refractivity contribution in [3.8, 4) is 17.0 Å². The van der Waals surface area contributed by atoms with Gasteiger partial charge in [-0.3, -0.25) is 34.6 Å². The van der Waals surface area contributed by atoms with E-state index in [0.717, 1.165) is 75.6 Å². The highest BCUT2D eigenvalue weighted by molar-refractivity contribution is 6.20. The van der Waals surface area contributed by atoms with Crippen molar-refractivity contribution in [1.82, 2.24) is 30.3 Å². The van der Waals surface area contributed by atoms with E-state index in [1.165, 1.54) is 36.0 Å². The quantitative estimate of drug-likeness (QED) is 0.149. The number of rotatable bonds is 10. The van der Waals surface area contributed by atoms with Crippen molar-refractivity contribution < 1.29 is 27.9 Å². The van der Waals surface area contributed by atoms with E-state index in [1.807, 2.05) is 18.2 Å². The van der Waals surface area contributed by atoms with Gasteiger partial charge in [-0.25, -0.2) is 4.98 Å². The number of aromatic nitrogens is 3. The van der Waals surface area contributed by atoms with Gasteiger partial charge in [0.25, 0.3) is 5.91 Å². The summed E-state index contributed by atoms with van der Waals surface area (Å²) < 4.78 is 30.2. The molecule has 0 aliphatic carbocycles. The molecular formula is C37H39ClF2N8O4. The first-order valence-corrected chi connectivity index (χ1v) is 17.8. The maximum atomic E-state index is 13.2. The molecule has 52 heavy (non-hydrogen) atoms. The van der Waals surface area contributed by atoms with Gasteiger partial charge in [-0.2, -0.15) is 5.10 Å². The zero-order valence-electron chi connectivity index (χ0n) is 28.4. The number of carbonyl (C=O) groups excluding carboxylic acids is 3. The fraction of sp³-hybridized carbons (Fsp3) is 0.378. The molecule has 3 aliphatic heterocycles. The maximum Gasteiger partial charge on any atom is 0.487 e. The molecule has 3 aliphatic rings. The predicted octanol–water partition coefficient (Wildman–Crippen LogP) is 5.20. The van der Waals surface area contributed by atoms with E-state index in [4.69, 9.17) is 16.6 Å². The van der Waals surface area contributed by atoms with Gasteiger partial charge in [-0.1, -0.05) is 24.3 Å². The van der Waals surface area contributed by atoms with Crippen molar-refractivity contribution in [1.29, 1.82) is 0 Å². The van der Waals surface area contributed by atoms with Crippen LogP contribution in [0.3, 0.4) is 0 Å². The Morgan fingerprint density at radius 3 is 2.44 bits per heavy atom. The SMILES string of the molecule is O=C1CCC(c2cccc(CN3CCC(N4CCN(c5ncc(C(=O)Nc6ccc(OC(F)(F)Cl)cc6)cc5-c5cc[nH]n5)CC4)CC3)c2)C(=O)N1. The van der Waals surface area contributed by atoms with Crippen LogP contribution in [-0.4, -0.2) is 93.6 Å². The van der Waals surface area contributed by atoms with Crippen LogP contribution >= 0.6 is 11.6 Å². The van der Waals surface area contributed by atoms with E-state index in [2.05, 4.69) is 52.4 Å². The second kappa shape index (κ2) is 15.4. The third-order valence-corrected chi connectivity index (χ3v) is 10.0. The smallest absolute Gasteiger partial charge is 0.420 e. The van der Waals surface area contributed by atoms with E-state index >= 15 is 0 Å². The molecule has 3 amide bonds. The van der Waals surface area contributed by atoms with Crippen LogP contribution in [0.4, 0.5) is 20.3 Å². The number of hydrogen-bond acceptors (Lipinski definition) is 9. The highest BCUT2D eigenvalue weighted by Gasteiger charge is 2.31. The third-order valence-electron chi connectivity index (χ3n) is 9.94. The van der Waals surface area contributed by atoms with Gasteiger partial charge in [0.1, 0.15) is 11.6 Å². The number of amides is 3. The molecule has 4 aromatic rings. The van der Waals surface area contributed by atoms with Crippen LogP contribution in [0.1, 0.15) is 53.1 Å². The van der Waals surface area contributed by atoms with Crippen molar-refractivity contribution >= 4 is 40.8 Å². The number of aromatic amines is 1. The molecule has 2 aromatic heterocycles. The minimum absolute atomic E-state index is 0.137. The molecule has 1 unspecified atom stereocenters. The van der Waals surface area contributed by atoms with Crippen LogP contribution in [0.5, 0.6) is 5.75 Å². The number of anilines is 2. The molecule has 0 bridgehead atoms. The Hall–Kier alpha value is -4.92. The standard InChI is InChI=1S/C37H39ClF2N8O4/c38-37(39,40)52-29-6-4-27(5-7-29)43-35(50)26-21-31(32-10-13-42-45-32)34(41-22-26)48-18-16-47(17-19-48)28-11-14-46(15-12-28)23-24-2-1-3-25(20-24)30-8-9-33(49)44-36(30)51/h1-7,10,13,20-22,28,30H,8-9,11-12,14-19,23H2,(H,42,45)(H,43,50)(H,44,49,51). The molecule has 3 N–H and O–H groups in total. The molecule has 0 spiro atoms. The normalized spacial score (nSPS) is 19.4. The number of benzene rings is 2. The van der Waals surface area contributed by atoms with E-state index in [9.17, 15) is 23.2 Å².